The second-order valence-corrected chi connectivity index (χ2v) is 8.57. The van der Waals surface area contributed by atoms with E-state index in [0.717, 1.165) is 49.1 Å². The van der Waals surface area contributed by atoms with Crippen LogP contribution in [0.2, 0.25) is 0 Å². The third-order valence-corrected chi connectivity index (χ3v) is 6.01. The number of hydrogen-bond acceptors (Lipinski definition) is 6. The van der Waals surface area contributed by atoms with Gasteiger partial charge in [0.25, 0.3) is 0 Å². The number of hydrogen-bond donors (Lipinski definition) is 2. The molecular weight excluding hydrogens is 424 g/mol. The minimum absolute atomic E-state index is 0.129. The Kier molecular flexibility index (Phi) is 7.26. The van der Waals surface area contributed by atoms with Crippen molar-refractivity contribution in [3.63, 3.8) is 0 Å². The maximum Gasteiger partial charge on any atom is 0.230 e. The highest BCUT2D eigenvalue weighted by atomic mass is 32.1. The van der Waals surface area contributed by atoms with Gasteiger partial charge in [0.15, 0.2) is 0 Å². The number of ether oxygens (including phenoxy) is 1. The van der Waals surface area contributed by atoms with Crippen molar-refractivity contribution in [1.29, 1.82) is 0 Å². The average molecular weight is 451 g/mol. The number of aromatic nitrogens is 1. The monoisotopic (exact) mass is 450 g/mol. The van der Waals surface area contributed by atoms with Gasteiger partial charge < -0.3 is 15.4 Å². The standard InChI is InChI=1S/C24H26N4O3S/c1-17(29)25-20-5-7-21(8-6-20)26-23(30)14-22-16-32-24(27-22)19-4-2-3-18(13-19)15-28-9-11-31-12-10-28/h2-8,13,16H,9-12,14-15H2,1H3,(H,25,29)(H,26,30). The van der Waals surface area contributed by atoms with Crippen LogP contribution >= 0.6 is 11.3 Å². The first-order valence-electron chi connectivity index (χ1n) is 10.6. The zero-order valence-corrected chi connectivity index (χ0v) is 18.8. The maximum atomic E-state index is 12.4. The summed E-state index contributed by atoms with van der Waals surface area (Å²) in [7, 11) is 0. The predicted octanol–water partition coefficient (Wildman–Crippen LogP) is 3.78. The van der Waals surface area contributed by atoms with Crippen LogP contribution in [0, 0.1) is 0 Å². The summed E-state index contributed by atoms with van der Waals surface area (Å²) in [5.41, 5.74) is 4.43. The van der Waals surface area contributed by atoms with Gasteiger partial charge in [0, 0.05) is 48.9 Å². The molecule has 0 saturated carbocycles. The predicted molar refractivity (Wildman–Crippen MR) is 127 cm³/mol. The van der Waals surface area contributed by atoms with Gasteiger partial charge in [-0.2, -0.15) is 0 Å². The molecule has 0 bridgehead atoms. The van der Waals surface area contributed by atoms with Gasteiger partial charge in [0.05, 0.1) is 25.3 Å². The number of carbonyl (C=O) groups is 2. The molecule has 32 heavy (non-hydrogen) atoms. The lowest BCUT2D eigenvalue weighted by Gasteiger charge is -2.26. The van der Waals surface area contributed by atoms with E-state index in [2.05, 4.69) is 44.8 Å². The van der Waals surface area contributed by atoms with E-state index in [1.54, 1.807) is 35.6 Å². The van der Waals surface area contributed by atoms with Crippen LogP contribution in [-0.2, 0) is 27.3 Å². The normalized spacial score (nSPS) is 14.2. The molecule has 0 spiro atoms. The van der Waals surface area contributed by atoms with Crippen molar-refractivity contribution in [2.24, 2.45) is 0 Å². The minimum Gasteiger partial charge on any atom is -0.379 e. The van der Waals surface area contributed by atoms with Gasteiger partial charge >= 0.3 is 0 Å². The Morgan fingerprint density at radius 2 is 1.78 bits per heavy atom. The highest BCUT2D eigenvalue weighted by Gasteiger charge is 2.13. The van der Waals surface area contributed by atoms with Crippen LogP contribution in [-0.4, -0.2) is 48.0 Å². The van der Waals surface area contributed by atoms with Gasteiger partial charge in [0.2, 0.25) is 11.8 Å². The van der Waals surface area contributed by atoms with Gasteiger partial charge in [-0.15, -0.1) is 11.3 Å². The minimum atomic E-state index is -0.132. The molecule has 4 rings (SSSR count). The summed E-state index contributed by atoms with van der Waals surface area (Å²) < 4.78 is 5.42. The lowest BCUT2D eigenvalue weighted by Crippen LogP contribution is -2.35. The largest absolute Gasteiger partial charge is 0.379 e. The van der Waals surface area contributed by atoms with Gasteiger partial charge in [0.1, 0.15) is 5.01 Å². The molecule has 166 valence electrons. The summed E-state index contributed by atoms with van der Waals surface area (Å²) in [4.78, 5) is 30.6. The first-order valence-corrected chi connectivity index (χ1v) is 11.4. The Bertz CT molecular complexity index is 1070. The zero-order valence-electron chi connectivity index (χ0n) is 18.0. The Morgan fingerprint density at radius 3 is 2.50 bits per heavy atom. The van der Waals surface area contributed by atoms with Gasteiger partial charge in [-0.25, -0.2) is 4.98 Å². The molecule has 2 N–H and O–H groups in total. The fourth-order valence-electron chi connectivity index (χ4n) is 3.55. The van der Waals surface area contributed by atoms with Crippen molar-refractivity contribution in [2.45, 2.75) is 19.9 Å². The summed E-state index contributed by atoms with van der Waals surface area (Å²) in [6, 6.07) is 15.5. The van der Waals surface area contributed by atoms with Crippen molar-refractivity contribution < 1.29 is 14.3 Å². The van der Waals surface area contributed by atoms with Crippen LogP contribution in [0.1, 0.15) is 18.2 Å². The Hall–Kier alpha value is -3.07. The van der Waals surface area contributed by atoms with Gasteiger partial charge in [-0.05, 0) is 35.9 Å². The first-order chi connectivity index (χ1) is 15.5. The molecule has 1 aliphatic heterocycles. The average Bonchev–Trinajstić information content (AvgIpc) is 3.24. The van der Waals surface area contributed by atoms with E-state index >= 15 is 0 Å². The molecule has 2 heterocycles. The van der Waals surface area contributed by atoms with Crippen LogP contribution in [0.5, 0.6) is 0 Å². The van der Waals surface area contributed by atoms with Crippen molar-refractivity contribution in [2.75, 3.05) is 36.9 Å². The van der Waals surface area contributed by atoms with Crippen LogP contribution in [0.15, 0.2) is 53.9 Å². The molecule has 0 aliphatic carbocycles. The molecule has 1 fully saturated rings. The summed E-state index contributed by atoms with van der Waals surface area (Å²) in [6.45, 7) is 5.85. The van der Waals surface area contributed by atoms with Crippen molar-refractivity contribution >= 4 is 34.5 Å². The summed E-state index contributed by atoms with van der Waals surface area (Å²) in [5, 5.41) is 8.42. The molecule has 1 saturated heterocycles. The van der Waals surface area contributed by atoms with Crippen molar-refractivity contribution in [3.05, 3.63) is 65.2 Å². The number of nitrogens with one attached hydrogen (secondary N) is 2. The fraction of sp³-hybridized carbons (Fsp3) is 0.292. The molecule has 3 aromatic rings. The number of carbonyl (C=O) groups excluding carboxylic acids is 2. The summed E-state index contributed by atoms with van der Waals surface area (Å²) in [5.74, 6) is -0.261. The smallest absolute Gasteiger partial charge is 0.230 e. The Labute approximate surface area is 191 Å². The van der Waals surface area contributed by atoms with Crippen LogP contribution in [0.3, 0.4) is 0 Å². The summed E-state index contributed by atoms with van der Waals surface area (Å²) in [6.07, 6.45) is 0.206. The molecule has 1 aliphatic rings. The van der Waals surface area contributed by atoms with Crippen LogP contribution in [0.25, 0.3) is 10.6 Å². The van der Waals surface area contributed by atoms with Gasteiger partial charge in [-0.3, -0.25) is 14.5 Å². The molecule has 0 unspecified atom stereocenters. The van der Waals surface area contributed by atoms with Crippen LogP contribution < -0.4 is 10.6 Å². The maximum absolute atomic E-state index is 12.4. The van der Waals surface area contributed by atoms with Gasteiger partial charge in [-0.1, -0.05) is 18.2 Å². The molecule has 2 amide bonds. The van der Waals surface area contributed by atoms with Crippen LogP contribution in [0.4, 0.5) is 11.4 Å². The number of amides is 2. The van der Waals surface area contributed by atoms with E-state index in [1.165, 1.54) is 12.5 Å². The lowest BCUT2D eigenvalue weighted by molar-refractivity contribution is -0.116. The Morgan fingerprint density at radius 1 is 1.06 bits per heavy atom. The fourth-order valence-corrected chi connectivity index (χ4v) is 4.37. The number of benzene rings is 2. The SMILES string of the molecule is CC(=O)Nc1ccc(NC(=O)Cc2csc(-c3cccc(CN4CCOCC4)c3)n2)cc1. The van der Waals surface area contributed by atoms with E-state index in [0.29, 0.717) is 11.4 Å². The highest BCUT2D eigenvalue weighted by molar-refractivity contribution is 7.13. The van der Waals surface area contributed by atoms with Crippen molar-refractivity contribution in [1.82, 2.24) is 9.88 Å². The third-order valence-electron chi connectivity index (χ3n) is 5.07. The first kappa shape index (κ1) is 22.1. The number of nitrogens with zero attached hydrogens (tertiary/aromatic N) is 2. The molecular formula is C24H26N4O3S. The quantitative estimate of drug-likeness (QED) is 0.572. The number of morpholine rings is 1. The van der Waals surface area contributed by atoms with E-state index in [-0.39, 0.29) is 18.2 Å². The molecule has 2 aromatic carbocycles. The second kappa shape index (κ2) is 10.5. The third kappa shape index (κ3) is 6.23. The zero-order chi connectivity index (χ0) is 22.3. The Balaban J connectivity index is 1.34. The second-order valence-electron chi connectivity index (χ2n) is 7.72. The molecule has 0 radical (unpaired) electrons. The summed E-state index contributed by atoms with van der Waals surface area (Å²) >= 11 is 1.55. The molecule has 1 aromatic heterocycles. The van der Waals surface area contributed by atoms with E-state index in [4.69, 9.17) is 4.74 Å². The van der Waals surface area contributed by atoms with E-state index in [1.807, 2.05) is 5.38 Å². The molecule has 0 atom stereocenters. The number of rotatable bonds is 7. The number of thiazole rings is 1. The lowest BCUT2D eigenvalue weighted by atomic mass is 10.1. The molecule has 7 nitrogen and oxygen atoms in total. The topological polar surface area (TPSA) is 83.6 Å². The van der Waals surface area contributed by atoms with E-state index in [9.17, 15) is 9.59 Å². The number of anilines is 2. The van der Waals surface area contributed by atoms with E-state index < -0.39 is 0 Å². The highest BCUT2D eigenvalue weighted by Crippen LogP contribution is 2.25. The molecule has 8 heteroatoms. The van der Waals surface area contributed by atoms with Crippen molar-refractivity contribution in [3.8, 4) is 10.6 Å².